The summed E-state index contributed by atoms with van der Waals surface area (Å²) in [5.74, 6) is -2.22. The zero-order chi connectivity index (χ0) is 17.4. The van der Waals surface area contributed by atoms with E-state index in [9.17, 15) is 30.6 Å². The van der Waals surface area contributed by atoms with Crippen LogP contribution in [0.4, 0.5) is 0 Å². The van der Waals surface area contributed by atoms with Gasteiger partial charge in [-0.1, -0.05) is 0 Å². The second-order valence-corrected chi connectivity index (χ2v) is 5.56. The lowest BCUT2D eigenvalue weighted by atomic mass is 9.99. The molecular formula is C12H22O11. The van der Waals surface area contributed by atoms with Crippen LogP contribution in [0.25, 0.3) is 0 Å². The first-order chi connectivity index (χ1) is 10.8. The number of hydrogen-bond acceptors (Lipinski definition) is 11. The minimum atomic E-state index is -2.22. The lowest BCUT2D eigenvalue weighted by Crippen LogP contribution is -2.62. The first-order valence-electron chi connectivity index (χ1n) is 7.05. The molecule has 136 valence electrons. The standard InChI is InChI=1S/C12H22O11/c13-1-4-6(16)8(18)9(19)11(21-4)23-12(3-15)10(20)7(17)5(2-14)22-12/h4-11,13-20H,1-3H2/t4-,5+,6+,7+,8+,9-,10-,11+,12-/m0/s1. The van der Waals surface area contributed by atoms with Gasteiger partial charge in [-0.3, -0.25) is 0 Å². The van der Waals surface area contributed by atoms with E-state index in [0.717, 1.165) is 0 Å². The molecule has 0 saturated carbocycles. The van der Waals surface area contributed by atoms with Gasteiger partial charge in [0.25, 0.3) is 0 Å². The molecule has 23 heavy (non-hydrogen) atoms. The molecule has 0 bridgehead atoms. The summed E-state index contributed by atoms with van der Waals surface area (Å²) < 4.78 is 15.4. The Balaban J connectivity index is 2.18. The van der Waals surface area contributed by atoms with Crippen molar-refractivity contribution in [3.05, 3.63) is 0 Å². The molecule has 0 aromatic rings. The van der Waals surface area contributed by atoms with Gasteiger partial charge in [-0.2, -0.15) is 0 Å². The molecule has 8 N–H and O–H groups in total. The van der Waals surface area contributed by atoms with Crippen LogP contribution in [-0.2, 0) is 14.2 Å². The van der Waals surface area contributed by atoms with Crippen molar-refractivity contribution in [1.82, 2.24) is 0 Å². The fourth-order valence-corrected chi connectivity index (χ4v) is 2.63. The number of rotatable bonds is 5. The van der Waals surface area contributed by atoms with Crippen molar-refractivity contribution >= 4 is 0 Å². The van der Waals surface area contributed by atoms with Crippen molar-refractivity contribution in [3.63, 3.8) is 0 Å². The summed E-state index contributed by atoms with van der Waals surface area (Å²) in [5.41, 5.74) is 0. The van der Waals surface area contributed by atoms with E-state index >= 15 is 0 Å². The van der Waals surface area contributed by atoms with E-state index in [1.54, 1.807) is 0 Å². The molecule has 0 unspecified atom stereocenters. The van der Waals surface area contributed by atoms with Crippen LogP contribution in [0.1, 0.15) is 0 Å². The Morgan fingerprint density at radius 1 is 0.783 bits per heavy atom. The summed E-state index contributed by atoms with van der Waals surface area (Å²) >= 11 is 0. The van der Waals surface area contributed by atoms with Gasteiger partial charge >= 0.3 is 0 Å². The van der Waals surface area contributed by atoms with Crippen molar-refractivity contribution in [1.29, 1.82) is 0 Å². The summed E-state index contributed by atoms with van der Waals surface area (Å²) in [6, 6.07) is 0. The van der Waals surface area contributed by atoms with Crippen molar-refractivity contribution in [2.24, 2.45) is 0 Å². The van der Waals surface area contributed by atoms with E-state index in [1.165, 1.54) is 0 Å². The molecule has 0 amide bonds. The number of aliphatic hydroxyl groups excluding tert-OH is 8. The molecule has 0 aliphatic carbocycles. The van der Waals surface area contributed by atoms with E-state index in [1.807, 2.05) is 0 Å². The van der Waals surface area contributed by atoms with Crippen LogP contribution < -0.4 is 0 Å². The zero-order valence-corrected chi connectivity index (χ0v) is 12.0. The molecule has 2 aliphatic heterocycles. The molecular weight excluding hydrogens is 320 g/mol. The van der Waals surface area contributed by atoms with Gasteiger partial charge in [0.05, 0.1) is 13.2 Å². The fraction of sp³-hybridized carbons (Fsp3) is 1.00. The highest BCUT2D eigenvalue weighted by molar-refractivity contribution is 4.98. The van der Waals surface area contributed by atoms with E-state index in [0.29, 0.717) is 0 Å². The van der Waals surface area contributed by atoms with E-state index in [2.05, 4.69) is 0 Å². The predicted molar refractivity (Wildman–Crippen MR) is 68.6 cm³/mol. The average molecular weight is 342 g/mol. The Morgan fingerprint density at radius 3 is 1.87 bits per heavy atom. The van der Waals surface area contributed by atoms with Gasteiger partial charge in [0.2, 0.25) is 5.79 Å². The largest absolute Gasteiger partial charge is 0.394 e. The van der Waals surface area contributed by atoms with Crippen LogP contribution in [0.3, 0.4) is 0 Å². The third kappa shape index (κ3) is 3.23. The third-order valence-corrected chi connectivity index (χ3v) is 4.07. The average Bonchev–Trinajstić information content (AvgIpc) is 2.80. The highest BCUT2D eigenvalue weighted by Gasteiger charge is 2.58. The second kappa shape index (κ2) is 7.21. The SMILES string of the molecule is OC[C@@H]1O[C@H](O[C@]2(CO)O[C@H](CO)[C@@H](O)[C@@H]2O)[C@@H](O)[C@H](O)[C@@H]1O. The highest BCUT2D eigenvalue weighted by Crippen LogP contribution is 2.35. The quantitative estimate of drug-likeness (QED) is 0.238. The molecule has 0 aromatic heterocycles. The maximum absolute atomic E-state index is 10.00. The molecule has 0 radical (unpaired) electrons. The summed E-state index contributed by atoms with van der Waals surface area (Å²) in [6.45, 7) is -2.32. The molecule has 2 rings (SSSR count). The van der Waals surface area contributed by atoms with Crippen molar-refractivity contribution in [3.8, 4) is 0 Å². The molecule has 11 nitrogen and oxygen atoms in total. The number of ether oxygens (including phenoxy) is 3. The Hall–Kier alpha value is -0.440. The van der Waals surface area contributed by atoms with Crippen LogP contribution in [0, 0.1) is 0 Å². The first kappa shape index (κ1) is 18.9. The molecule has 11 heteroatoms. The van der Waals surface area contributed by atoms with Crippen LogP contribution in [0.15, 0.2) is 0 Å². The van der Waals surface area contributed by atoms with Gasteiger partial charge in [-0.05, 0) is 0 Å². The van der Waals surface area contributed by atoms with Gasteiger partial charge in [0, 0.05) is 0 Å². The van der Waals surface area contributed by atoms with Gasteiger partial charge in [0.15, 0.2) is 6.29 Å². The number of aliphatic hydroxyl groups is 8. The minimum Gasteiger partial charge on any atom is -0.394 e. The summed E-state index contributed by atoms with van der Waals surface area (Å²) in [4.78, 5) is 0. The topological polar surface area (TPSA) is 190 Å². The highest BCUT2D eigenvalue weighted by atomic mass is 16.8. The smallest absolute Gasteiger partial charge is 0.224 e. The maximum Gasteiger partial charge on any atom is 0.224 e. The molecule has 2 saturated heterocycles. The second-order valence-electron chi connectivity index (χ2n) is 5.56. The van der Waals surface area contributed by atoms with Gasteiger partial charge in [0.1, 0.15) is 49.3 Å². The minimum absolute atomic E-state index is 0.669. The van der Waals surface area contributed by atoms with Crippen LogP contribution in [0.5, 0.6) is 0 Å². The predicted octanol–water partition coefficient (Wildman–Crippen LogP) is -5.40. The van der Waals surface area contributed by atoms with E-state index in [4.69, 9.17) is 24.4 Å². The molecule has 2 fully saturated rings. The normalized spacial score (nSPS) is 51.1. The van der Waals surface area contributed by atoms with Gasteiger partial charge in [-0.25, -0.2) is 0 Å². The summed E-state index contributed by atoms with van der Waals surface area (Å²) in [5, 5.41) is 76.7. The molecule has 9 atom stereocenters. The summed E-state index contributed by atoms with van der Waals surface area (Å²) in [7, 11) is 0. The molecule has 2 aliphatic rings. The van der Waals surface area contributed by atoms with Gasteiger partial charge < -0.3 is 55.1 Å². The Bertz CT molecular complexity index is 393. The van der Waals surface area contributed by atoms with Gasteiger partial charge in [-0.15, -0.1) is 0 Å². The van der Waals surface area contributed by atoms with E-state index in [-0.39, 0.29) is 0 Å². The Labute approximate surface area is 130 Å². The van der Waals surface area contributed by atoms with E-state index < -0.39 is 74.6 Å². The van der Waals surface area contributed by atoms with Crippen molar-refractivity contribution in [2.75, 3.05) is 19.8 Å². The van der Waals surface area contributed by atoms with Crippen molar-refractivity contribution < 1.29 is 55.1 Å². The lowest BCUT2D eigenvalue weighted by Gasteiger charge is -2.43. The maximum atomic E-state index is 10.00. The lowest BCUT2D eigenvalue weighted by molar-refractivity contribution is -0.383. The summed E-state index contributed by atoms with van der Waals surface area (Å²) in [6.07, 6.45) is -12.7. The third-order valence-electron chi connectivity index (χ3n) is 4.07. The van der Waals surface area contributed by atoms with Crippen LogP contribution >= 0.6 is 0 Å². The monoisotopic (exact) mass is 342 g/mol. The molecule has 0 spiro atoms. The first-order valence-corrected chi connectivity index (χ1v) is 7.05. The Kier molecular flexibility index (Phi) is 5.92. The van der Waals surface area contributed by atoms with Crippen LogP contribution in [-0.4, -0.2) is 115 Å². The molecule has 0 aromatic carbocycles. The van der Waals surface area contributed by atoms with Crippen LogP contribution in [0.2, 0.25) is 0 Å². The fourth-order valence-electron chi connectivity index (χ4n) is 2.63. The molecule has 2 heterocycles. The Morgan fingerprint density at radius 2 is 1.39 bits per heavy atom. The van der Waals surface area contributed by atoms with Crippen molar-refractivity contribution in [2.45, 2.75) is 54.8 Å². The number of hydrogen-bond donors (Lipinski definition) is 8. The zero-order valence-electron chi connectivity index (χ0n) is 12.0.